The molecular weight excluding hydrogens is 250 g/mol. The third kappa shape index (κ3) is 2.61. The van der Waals surface area contributed by atoms with Crippen LogP contribution in [0.5, 0.6) is 0 Å². The van der Waals surface area contributed by atoms with Crippen LogP contribution in [0.2, 0.25) is 0 Å². The number of nitrogens with zero attached hydrogens (tertiary/aromatic N) is 1. The molecule has 96 valence electrons. The lowest BCUT2D eigenvalue weighted by Crippen LogP contribution is -2.34. The Morgan fingerprint density at radius 3 is 2.89 bits per heavy atom. The molecule has 2 rings (SSSR count). The van der Waals surface area contributed by atoms with Gasteiger partial charge in [-0.2, -0.15) is 0 Å². The summed E-state index contributed by atoms with van der Waals surface area (Å²) in [5.74, 6) is -0.951. The van der Waals surface area contributed by atoms with Gasteiger partial charge < -0.3 is 10.0 Å². The zero-order valence-electron chi connectivity index (χ0n) is 10.1. The minimum Gasteiger partial charge on any atom is -0.481 e. The molecule has 0 aromatic carbocycles. The molecule has 18 heavy (non-hydrogen) atoms. The number of carboxylic acids is 1. The van der Waals surface area contributed by atoms with Gasteiger partial charge in [-0.3, -0.25) is 9.59 Å². The molecule has 0 saturated carbocycles. The van der Waals surface area contributed by atoms with Crippen molar-refractivity contribution < 1.29 is 14.7 Å². The van der Waals surface area contributed by atoms with Gasteiger partial charge in [0.1, 0.15) is 0 Å². The van der Waals surface area contributed by atoms with Crippen LogP contribution in [0.25, 0.3) is 6.08 Å². The number of thiophene rings is 1. The van der Waals surface area contributed by atoms with Crippen molar-refractivity contribution >= 4 is 29.3 Å². The highest BCUT2D eigenvalue weighted by Crippen LogP contribution is 2.30. The summed E-state index contributed by atoms with van der Waals surface area (Å²) in [4.78, 5) is 25.6. The lowest BCUT2D eigenvalue weighted by atomic mass is 9.90. The first-order chi connectivity index (χ1) is 8.51. The summed E-state index contributed by atoms with van der Waals surface area (Å²) in [5.41, 5.74) is -0.799. The zero-order chi connectivity index (χ0) is 13.2. The average Bonchev–Trinajstić information content (AvgIpc) is 2.95. The Balaban J connectivity index is 1.98. The van der Waals surface area contributed by atoms with E-state index in [9.17, 15) is 9.59 Å². The lowest BCUT2D eigenvalue weighted by Gasteiger charge is -2.18. The third-order valence-corrected chi connectivity index (χ3v) is 4.07. The highest BCUT2D eigenvalue weighted by Gasteiger charge is 2.41. The van der Waals surface area contributed by atoms with Crippen LogP contribution in [-0.4, -0.2) is 35.0 Å². The van der Waals surface area contributed by atoms with Crippen LogP contribution in [-0.2, 0) is 9.59 Å². The van der Waals surface area contributed by atoms with Crippen molar-refractivity contribution in [2.45, 2.75) is 13.3 Å². The number of carbonyl (C=O) groups excluding carboxylic acids is 1. The van der Waals surface area contributed by atoms with Crippen molar-refractivity contribution in [3.63, 3.8) is 0 Å². The van der Waals surface area contributed by atoms with E-state index < -0.39 is 11.4 Å². The molecule has 0 spiro atoms. The van der Waals surface area contributed by atoms with E-state index in [1.54, 1.807) is 29.2 Å². The maximum Gasteiger partial charge on any atom is 0.311 e. The van der Waals surface area contributed by atoms with Crippen molar-refractivity contribution in [2.24, 2.45) is 5.41 Å². The van der Waals surface area contributed by atoms with Crippen LogP contribution in [0.3, 0.4) is 0 Å². The highest BCUT2D eigenvalue weighted by molar-refractivity contribution is 7.10. The molecule has 1 saturated heterocycles. The molecule has 0 bridgehead atoms. The van der Waals surface area contributed by atoms with Crippen LogP contribution in [0, 0.1) is 5.41 Å². The van der Waals surface area contributed by atoms with Gasteiger partial charge in [-0.25, -0.2) is 0 Å². The number of hydrogen-bond acceptors (Lipinski definition) is 3. The maximum atomic E-state index is 11.9. The summed E-state index contributed by atoms with van der Waals surface area (Å²) >= 11 is 1.56. The summed E-state index contributed by atoms with van der Waals surface area (Å²) in [6.07, 6.45) is 3.80. The molecule has 1 unspecified atom stereocenters. The SMILES string of the molecule is CC1(C(=O)O)CCN(C(=O)C=Cc2cccs2)C1. The van der Waals surface area contributed by atoms with Crippen molar-refractivity contribution in [1.82, 2.24) is 4.90 Å². The third-order valence-electron chi connectivity index (χ3n) is 3.23. The monoisotopic (exact) mass is 265 g/mol. The van der Waals surface area contributed by atoms with E-state index in [0.717, 1.165) is 4.88 Å². The number of amides is 1. The summed E-state index contributed by atoms with van der Waals surface area (Å²) in [6, 6.07) is 3.85. The van der Waals surface area contributed by atoms with Crippen molar-refractivity contribution in [1.29, 1.82) is 0 Å². The van der Waals surface area contributed by atoms with E-state index in [-0.39, 0.29) is 12.5 Å². The maximum absolute atomic E-state index is 11.9. The summed E-state index contributed by atoms with van der Waals surface area (Å²) in [5, 5.41) is 11.0. The first-order valence-electron chi connectivity index (χ1n) is 5.75. The number of rotatable bonds is 3. The van der Waals surface area contributed by atoms with Gasteiger partial charge in [0.05, 0.1) is 5.41 Å². The van der Waals surface area contributed by atoms with Gasteiger partial charge in [0, 0.05) is 24.0 Å². The minimum atomic E-state index is -0.833. The Labute approximate surface area is 110 Å². The van der Waals surface area contributed by atoms with E-state index in [4.69, 9.17) is 5.11 Å². The van der Waals surface area contributed by atoms with Gasteiger partial charge in [-0.15, -0.1) is 11.3 Å². The van der Waals surface area contributed by atoms with Gasteiger partial charge >= 0.3 is 5.97 Å². The Bertz CT molecular complexity index is 480. The molecular formula is C13H15NO3S. The molecule has 1 aliphatic rings. The van der Waals surface area contributed by atoms with Gasteiger partial charge in [0.2, 0.25) is 5.91 Å². The molecule has 1 atom stereocenters. The summed E-state index contributed by atoms with van der Waals surface area (Å²) < 4.78 is 0. The van der Waals surface area contributed by atoms with E-state index in [1.807, 2.05) is 17.5 Å². The molecule has 2 heterocycles. The Hall–Kier alpha value is -1.62. The smallest absolute Gasteiger partial charge is 0.311 e. The minimum absolute atomic E-state index is 0.117. The molecule has 1 amide bonds. The second-order valence-corrected chi connectivity index (χ2v) is 5.70. The molecule has 0 radical (unpaired) electrons. The average molecular weight is 265 g/mol. The van der Waals surface area contributed by atoms with Crippen molar-refractivity contribution in [2.75, 3.05) is 13.1 Å². The first kappa shape index (κ1) is 12.8. The number of likely N-dealkylation sites (tertiary alicyclic amines) is 1. The van der Waals surface area contributed by atoms with Crippen LogP contribution >= 0.6 is 11.3 Å². The normalized spacial score (nSPS) is 23.7. The molecule has 4 nitrogen and oxygen atoms in total. The quantitative estimate of drug-likeness (QED) is 0.851. The molecule has 5 heteroatoms. The predicted octanol–water partition coefficient (Wildman–Crippen LogP) is 2.08. The Morgan fingerprint density at radius 2 is 2.33 bits per heavy atom. The van der Waals surface area contributed by atoms with Crippen molar-refractivity contribution in [3.8, 4) is 0 Å². The molecule has 0 aliphatic carbocycles. The van der Waals surface area contributed by atoms with Crippen LogP contribution in [0.1, 0.15) is 18.2 Å². The van der Waals surface area contributed by atoms with E-state index in [1.165, 1.54) is 6.08 Å². The number of hydrogen-bond donors (Lipinski definition) is 1. The number of aliphatic carboxylic acids is 1. The number of carbonyl (C=O) groups is 2. The first-order valence-corrected chi connectivity index (χ1v) is 6.63. The van der Waals surface area contributed by atoms with E-state index in [0.29, 0.717) is 13.0 Å². The Kier molecular flexibility index (Phi) is 3.52. The largest absolute Gasteiger partial charge is 0.481 e. The van der Waals surface area contributed by atoms with Gasteiger partial charge in [0.25, 0.3) is 0 Å². The molecule has 1 aromatic rings. The predicted molar refractivity (Wildman–Crippen MR) is 70.3 cm³/mol. The topological polar surface area (TPSA) is 57.6 Å². The second-order valence-electron chi connectivity index (χ2n) is 4.72. The van der Waals surface area contributed by atoms with Gasteiger partial charge in [-0.1, -0.05) is 6.07 Å². The molecule has 1 aliphatic heterocycles. The number of carboxylic acid groups (broad SMARTS) is 1. The van der Waals surface area contributed by atoms with Crippen LogP contribution < -0.4 is 0 Å². The zero-order valence-corrected chi connectivity index (χ0v) is 10.9. The molecule has 1 N–H and O–H groups in total. The second kappa shape index (κ2) is 4.94. The molecule has 1 aromatic heterocycles. The molecule has 1 fully saturated rings. The fourth-order valence-corrected chi connectivity index (χ4v) is 2.59. The summed E-state index contributed by atoms with van der Waals surface area (Å²) in [7, 11) is 0. The van der Waals surface area contributed by atoms with Gasteiger partial charge in [-0.05, 0) is 30.9 Å². The lowest BCUT2D eigenvalue weighted by molar-refractivity contribution is -0.147. The van der Waals surface area contributed by atoms with Crippen LogP contribution in [0.15, 0.2) is 23.6 Å². The summed E-state index contributed by atoms with van der Waals surface area (Å²) in [6.45, 7) is 2.48. The highest BCUT2D eigenvalue weighted by atomic mass is 32.1. The van der Waals surface area contributed by atoms with Crippen molar-refractivity contribution in [3.05, 3.63) is 28.5 Å². The standard InChI is InChI=1S/C13H15NO3S/c1-13(12(16)17)6-7-14(9-13)11(15)5-4-10-3-2-8-18-10/h2-5,8H,6-7,9H2,1H3,(H,16,17). The van der Waals surface area contributed by atoms with E-state index >= 15 is 0 Å². The fraction of sp³-hybridized carbons (Fsp3) is 0.385. The van der Waals surface area contributed by atoms with Crippen LogP contribution in [0.4, 0.5) is 0 Å². The van der Waals surface area contributed by atoms with Gasteiger partial charge in [0.15, 0.2) is 0 Å². The fourth-order valence-electron chi connectivity index (χ4n) is 1.97. The van der Waals surface area contributed by atoms with E-state index in [2.05, 4.69) is 0 Å². The Morgan fingerprint density at radius 1 is 1.56 bits per heavy atom.